The number of aryl methyl sites for hydroxylation is 1. The maximum Gasteiger partial charge on any atom is 0.258 e. The second kappa shape index (κ2) is 7.93. The van der Waals surface area contributed by atoms with Crippen molar-refractivity contribution in [3.63, 3.8) is 0 Å². The van der Waals surface area contributed by atoms with Crippen LogP contribution in [0.5, 0.6) is 5.75 Å². The third-order valence-corrected chi connectivity index (χ3v) is 3.58. The molecule has 1 aromatic rings. The van der Waals surface area contributed by atoms with E-state index < -0.39 is 0 Å². The highest BCUT2D eigenvalue weighted by Gasteiger charge is 2.10. The highest BCUT2D eigenvalue weighted by Crippen LogP contribution is 2.23. The van der Waals surface area contributed by atoms with Crippen LogP contribution in [0.4, 0.5) is 0 Å². The summed E-state index contributed by atoms with van der Waals surface area (Å²) in [6, 6.07) is 6.26. The number of hydrogen-bond acceptors (Lipinski definition) is 2. The third kappa shape index (κ3) is 4.87. The largest absolute Gasteiger partial charge is 0.484 e. The molecule has 0 atom stereocenters. The summed E-state index contributed by atoms with van der Waals surface area (Å²) in [5.41, 5.74) is 2.52. The van der Waals surface area contributed by atoms with E-state index in [0.717, 1.165) is 18.6 Å². The van der Waals surface area contributed by atoms with Crippen LogP contribution in [0.25, 0.3) is 0 Å². The smallest absolute Gasteiger partial charge is 0.258 e. The van der Waals surface area contributed by atoms with Gasteiger partial charge in [0.1, 0.15) is 5.75 Å². The van der Waals surface area contributed by atoms with Crippen LogP contribution < -0.4 is 10.1 Å². The van der Waals surface area contributed by atoms with E-state index in [0.29, 0.717) is 5.92 Å². The van der Waals surface area contributed by atoms with Gasteiger partial charge in [0.25, 0.3) is 5.91 Å². The summed E-state index contributed by atoms with van der Waals surface area (Å²) >= 11 is 0. The van der Waals surface area contributed by atoms with Crippen LogP contribution in [0.1, 0.15) is 57.6 Å². The average molecular weight is 277 g/mol. The zero-order valence-electron chi connectivity index (χ0n) is 13.3. The number of hydrogen-bond donors (Lipinski definition) is 1. The van der Waals surface area contributed by atoms with E-state index in [4.69, 9.17) is 4.74 Å². The third-order valence-electron chi connectivity index (χ3n) is 3.58. The molecule has 0 saturated carbocycles. The number of carbonyl (C=O) groups is 1. The number of ether oxygens (including phenoxy) is 1. The molecule has 0 unspecified atom stereocenters. The predicted molar refractivity (Wildman–Crippen MR) is 83.3 cm³/mol. The second-order valence-corrected chi connectivity index (χ2v) is 5.54. The second-order valence-electron chi connectivity index (χ2n) is 5.54. The lowest BCUT2D eigenvalue weighted by molar-refractivity contribution is -0.123. The Morgan fingerprint density at radius 1 is 1.25 bits per heavy atom. The fourth-order valence-corrected chi connectivity index (χ4v) is 2.30. The SMILES string of the molecule is CCC(CC)NC(=O)COc1ccc(C(C)C)c(C)c1. The van der Waals surface area contributed by atoms with Crippen molar-refractivity contribution in [3.8, 4) is 5.75 Å². The number of carbonyl (C=O) groups excluding carboxylic acids is 1. The summed E-state index contributed by atoms with van der Waals surface area (Å²) in [6.07, 6.45) is 1.90. The maximum absolute atomic E-state index is 11.8. The van der Waals surface area contributed by atoms with Gasteiger partial charge in [-0.15, -0.1) is 0 Å². The molecule has 3 nitrogen and oxygen atoms in total. The van der Waals surface area contributed by atoms with Gasteiger partial charge in [-0.1, -0.05) is 33.8 Å². The first-order chi connectivity index (χ1) is 9.47. The molecule has 1 rings (SSSR count). The molecule has 0 aliphatic heterocycles. The summed E-state index contributed by atoms with van der Waals surface area (Å²) in [6.45, 7) is 10.6. The van der Waals surface area contributed by atoms with E-state index in [2.05, 4.69) is 46.0 Å². The maximum atomic E-state index is 11.8. The molecule has 1 amide bonds. The van der Waals surface area contributed by atoms with Crippen molar-refractivity contribution in [1.29, 1.82) is 0 Å². The van der Waals surface area contributed by atoms with E-state index in [1.54, 1.807) is 0 Å². The monoisotopic (exact) mass is 277 g/mol. The summed E-state index contributed by atoms with van der Waals surface area (Å²) in [5.74, 6) is 1.21. The van der Waals surface area contributed by atoms with Crippen molar-refractivity contribution in [2.24, 2.45) is 0 Å². The van der Waals surface area contributed by atoms with Gasteiger partial charge in [-0.25, -0.2) is 0 Å². The van der Waals surface area contributed by atoms with Gasteiger partial charge in [0.15, 0.2) is 6.61 Å². The van der Waals surface area contributed by atoms with Gasteiger partial charge in [-0.3, -0.25) is 4.79 Å². The topological polar surface area (TPSA) is 38.3 Å². The van der Waals surface area contributed by atoms with Crippen LogP contribution in [-0.4, -0.2) is 18.6 Å². The van der Waals surface area contributed by atoms with Gasteiger partial charge in [0.2, 0.25) is 0 Å². The first kappa shape index (κ1) is 16.5. The lowest BCUT2D eigenvalue weighted by Crippen LogP contribution is -2.37. The van der Waals surface area contributed by atoms with Crippen LogP contribution in [0.15, 0.2) is 18.2 Å². The average Bonchev–Trinajstić information content (AvgIpc) is 2.42. The molecular weight excluding hydrogens is 250 g/mol. The molecule has 0 aliphatic rings. The molecule has 0 aliphatic carbocycles. The Morgan fingerprint density at radius 2 is 1.90 bits per heavy atom. The Hall–Kier alpha value is -1.51. The fourth-order valence-electron chi connectivity index (χ4n) is 2.30. The zero-order chi connectivity index (χ0) is 15.1. The Kier molecular flexibility index (Phi) is 6.56. The van der Waals surface area contributed by atoms with Crippen molar-refractivity contribution < 1.29 is 9.53 Å². The van der Waals surface area contributed by atoms with Gasteiger partial charge >= 0.3 is 0 Å². The van der Waals surface area contributed by atoms with Gasteiger partial charge in [-0.2, -0.15) is 0 Å². The number of nitrogens with one attached hydrogen (secondary N) is 1. The molecule has 0 radical (unpaired) electrons. The molecule has 0 spiro atoms. The van der Waals surface area contributed by atoms with Crippen LogP contribution in [0.2, 0.25) is 0 Å². The standard InChI is InChI=1S/C17H27NO2/c1-6-14(7-2)18-17(19)11-20-15-8-9-16(12(3)4)13(5)10-15/h8-10,12,14H,6-7,11H2,1-5H3,(H,18,19). The van der Waals surface area contributed by atoms with Crippen molar-refractivity contribution in [1.82, 2.24) is 5.32 Å². The number of rotatable bonds is 7. The zero-order valence-corrected chi connectivity index (χ0v) is 13.3. The Labute approximate surface area is 122 Å². The molecule has 0 bridgehead atoms. The summed E-state index contributed by atoms with van der Waals surface area (Å²) < 4.78 is 5.56. The van der Waals surface area contributed by atoms with E-state index in [-0.39, 0.29) is 18.6 Å². The summed E-state index contributed by atoms with van der Waals surface area (Å²) in [5, 5.41) is 2.97. The van der Waals surface area contributed by atoms with Gasteiger partial charge in [-0.05, 0) is 48.9 Å². The first-order valence-corrected chi connectivity index (χ1v) is 7.50. The number of amides is 1. The van der Waals surface area contributed by atoms with E-state index in [9.17, 15) is 4.79 Å². The molecule has 0 aromatic heterocycles. The quantitative estimate of drug-likeness (QED) is 0.823. The Bertz CT molecular complexity index is 437. The summed E-state index contributed by atoms with van der Waals surface area (Å²) in [7, 11) is 0. The molecule has 0 heterocycles. The lowest BCUT2D eigenvalue weighted by Gasteiger charge is -2.16. The Balaban J connectivity index is 2.53. The van der Waals surface area contributed by atoms with Gasteiger partial charge < -0.3 is 10.1 Å². The van der Waals surface area contributed by atoms with Crippen LogP contribution in [0.3, 0.4) is 0 Å². The van der Waals surface area contributed by atoms with Gasteiger partial charge in [0, 0.05) is 6.04 Å². The minimum Gasteiger partial charge on any atom is -0.484 e. The molecular formula is C17H27NO2. The van der Waals surface area contributed by atoms with Crippen LogP contribution in [-0.2, 0) is 4.79 Å². The van der Waals surface area contributed by atoms with Crippen molar-refractivity contribution >= 4 is 5.91 Å². The molecule has 20 heavy (non-hydrogen) atoms. The fraction of sp³-hybridized carbons (Fsp3) is 0.588. The van der Waals surface area contributed by atoms with Crippen LogP contribution in [0, 0.1) is 6.92 Å². The molecule has 112 valence electrons. The molecule has 0 fully saturated rings. The molecule has 1 aromatic carbocycles. The minimum absolute atomic E-state index is 0.0516. The Morgan fingerprint density at radius 3 is 2.40 bits per heavy atom. The van der Waals surface area contributed by atoms with E-state index >= 15 is 0 Å². The van der Waals surface area contributed by atoms with E-state index in [1.807, 2.05) is 12.1 Å². The summed E-state index contributed by atoms with van der Waals surface area (Å²) in [4.78, 5) is 11.8. The first-order valence-electron chi connectivity index (χ1n) is 7.50. The lowest BCUT2D eigenvalue weighted by atomic mass is 9.98. The molecule has 3 heteroatoms. The van der Waals surface area contributed by atoms with E-state index in [1.165, 1.54) is 11.1 Å². The molecule has 0 saturated heterocycles. The predicted octanol–water partition coefficient (Wildman–Crippen LogP) is 3.80. The number of benzene rings is 1. The normalized spacial score (nSPS) is 10.9. The highest BCUT2D eigenvalue weighted by molar-refractivity contribution is 5.77. The molecule has 1 N–H and O–H groups in total. The van der Waals surface area contributed by atoms with Crippen LogP contribution >= 0.6 is 0 Å². The van der Waals surface area contributed by atoms with Crippen molar-refractivity contribution in [2.45, 2.75) is 59.4 Å². The van der Waals surface area contributed by atoms with Crippen molar-refractivity contribution in [3.05, 3.63) is 29.3 Å². The minimum atomic E-state index is -0.0516. The van der Waals surface area contributed by atoms with Gasteiger partial charge in [0.05, 0.1) is 0 Å². The highest BCUT2D eigenvalue weighted by atomic mass is 16.5. The van der Waals surface area contributed by atoms with Crippen molar-refractivity contribution in [2.75, 3.05) is 6.61 Å².